The van der Waals surface area contributed by atoms with Crippen LogP contribution in [0.5, 0.6) is 5.75 Å². The lowest BCUT2D eigenvalue weighted by atomic mass is 10.2. The number of nitrogens with zero attached hydrogens (tertiary/aromatic N) is 1. The van der Waals surface area contributed by atoms with E-state index < -0.39 is 6.09 Å². The molecule has 1 N–H and O–H groups in total. The smallest absolute Gasteiger partial charge is 0.407 e. The van der Waals surface area contributed by atoms with Crippen LogP contribution in [0.15, 0.2) is 24.5 Å². The van der Waals surface area contributed by atoms with Crippen LogP contribution >= 0.6 is 11.6 Å². The molecule has 0 aliphatic heterocycles. The molecular weight excluding hydrogens is 360 g/mol. The van der Waals surface area contributed by atoms with E-state index in [9.17, 15) is 4.79 Å². The van der Waals surface area contributed by atoms with Crippen molar-refractivity contribution in [2.24, 2.45) is 0 Å². The second kappa shape index (κ2) is 16.9. The van der Waals surface area contributed by atoms with E-state index in [1.807, 2.05) is 0 Å². The topological polar surface area (TPSA) is 78.9 Å². The lowest BCUT2D eigenvalue weighted by Crippen LogP contribution is -2.29. The maximum absolute atomic E-state index is 11.4. The van der Waals surface area contributed by atoms with Gasteiger partial charge in [0.05, 0.1) is 19.8 Å². The number of unbranched alkanes of at least 4 members (excludes halogenated alkanes) is 3. The summed E-state index contributed by atoms with van der Waals surface area (Å²) in [5, 5.41) is 2.61. The number of alkyl halides is 1. The Bertz CT molecular complexity index is 450. The van der Waals surface area contributed by atoms with Crippen molar-refractivity contribution in [3.05, 3.63) is 24.5 Å². The molecule has 1 rings (SSSR count). The van der Waals surface area contributed by atoms with E-state index in [1.54, 1.807) is 24.5 Å². The summed E-state index contributed by atoms with van der Waals surface area (Å²) < 4.78 is 21.2. The number of ether oxygens (including phenoxy) is 4. The number of alkyl carbamates (subject to hydrolysis) is 1. The third-order valence-corrected chi connectivity index (χ3v) is 3.56. The van der Waals surface area contributed by atoms with Gasteiger partial charge in [-0.1, -0.05) is 12.8 Å². The number of pyridine rings is 1. The fourth-order valence-electron chi connectivity index (χ4n) is 1.98. The van der Waals surface area contributed by atoms with E-state index >= 15 is 0 Å². The Morgan fingerprint density at radius 3 is 2.42 bits per heavy atom. The van der Waals surface area contributed by atoms with Crippen LogP contribution in [0.1, 0.15) is 25.7 Å². The lowest BCUT2D eigenvalue weighted by molar-refractivity contribution is 0.0466. The average Bonchev–Trinajstić information content (AvgIpc) is 2.67. The first-order chi connectivity index (χ1) is 12.8. The van der Waals surface area contributed by atoms with Gasteiger partial charge < -0.3 is 24.3 Å². The first-order valence-corrected chi connectivity index (χ1v) is 9.51. The summed E-state index contributed by atoms with van der Waals surface area (Å²) in [5.74, 6) is 1.42. The van der Waals surface area contributed by atoms with Crippen molar-refractivity contribution in [1.82, 2.24) is 10.3 Å². The van der Waals surface area contributed by atoms with Gasteiger partial charge in [-0.15, -0.1) is 11.6 Å². The summed E-state index contributed by atoms with van der Waals surface area (Å²) in [6.07, 6.45) is 7.20. The number of hydrogen-bond acceptors (Lipinski definition) is 6. The molecule has 0 atom stereocenters. The first kappa shape index (κ1) is 22.5. The minimum atomic E-state index is -0.486. The molecule has 148 valence electrons. The number of aromatic nitrogens is 1. The summed E-state index contributed by atoms with van der Waals surface area (Å²) in [5.41, 5.74) is 0. The van der Waals surface area contributed by atoms with Gasteiger partial charge in [0.2, 0.25) is 0 Å². The standard InChI is InChI=1S/C18H29ClN2O5/c19-7-3-1-2-4-11-23-13-14-24-12-10-21-18(22)26-16-15-25-17-5-8-20-9-6-17/h5-6,8-9H,1-4,7,10-16H2,(H,21,22). The van der Waals surface area contributed by atoms with Gasteiger partial charge in [-0.2, -0.15) is 0 Å². The van der Waals surface area contributed by atoms with Crippen LogP contribution in [-0.2, 0) is 14.2 Å². The predicted octanol–water partition coefficient (Wildman–Crippen LogP) is 3.02. The van der Waals surface area contributed by atoms with E-state index in [-0.39, 0.29) is 13.2 Å². The van der Waals surface area contributed by atoms with Gasteiger partial charge in [0, 0.05) is 31.4 Å². The minimum Gasteiger partial charge on any atom is -0.490 e. The molecule has 0 saturated carbocycles. The molecule has 0 spiro atoms. The van der Waals surface area contributed by atoms with Gasteiger partial charge in [0.25, 0.3) is 0 Å². The first-order valence-electron chi connectivity index (χ1n) is 8.98. The highest BCUT2D eigenvalue weighted by Gasteiger charge is 2.01. The monoisotopic (exact) mass is 388 g/mol. The molecule has 0 radical (unpaired) electrons. The van der Waals surface area contributed by atoms with Gasteiger partial charge in [-0.05, 0) is 25.0 Å². The van der Waals surface area contributed by atoms with Crippen LogP contribution in [0.25, 0.3) is 0 Å². The second-order valence-electron chi connectivity index (χ2n) is 5.42. The number of nitrogens with one attached hydrogen (secondary N) is 1. The van der Waals surface area contributed by atoms with Gasteiger partial charge in [-0.25, -0.2) is 4.79 Å². The zero-order chi connectivity index (χ0) is 18.7. The van der Waals surface area contributed by atoms with E-state index in [2.05, 4.69) is 10.3 Å². The third kappa shape index (κ3) is 13.7. The molecule has 0 bridgehead atoms. The van der Waals surface area contributed by atoms with Gasteiger partial charge in [0.1, 0.15) is 19.0 Å². The molecule has 1 aromatic rings. The number of amides is 1. The van der Waals surface area contributed by atoms with Gasteiger partial charge >= 0.3 is 6.09 Å². The van der Waals surface area contributed by atoms with Crippen LogP contribution in [0.2, 0.25) is 0 Å². The Morgan fingerprint density at radius 1 is 0.923 bits per heavy atom. The summed E-state index contributed by atoms with van der Waals surface area (Å²) >= 11 is 5.61. The molecule has 1 heterocycles. The van der Waals surface area contributed by atoms with Crippen LogP contribution in [0.4, 0.5) is 4.79 Å². The Kier molecular flexibility index (Phi) is 14.6. The highest BCUT2D eigenvalue weighted by atomic mass is 35.5. The minimum absolute atomic E-state index is 0.174. The summed E-state index contributed by atoms with van der Waals surface area (Å²) in [6, 6.07) is 3.48. The maximum atomic E-state index is 11.4. The molecular formula is C18H29ClN2O5. The van der Waals surface area contributed by atoms with E-state index in [0.717, 1.165) is 38.2 Å². The van der Waals surface area contributed by atoms with Crippen LogP contribution < -0.4 is 10.1 Å². The molecule has 1 amide bonds. The lowest BCUT2D eigenvalue weighted by Gasteiger charge is -2.09. The van der Waals surface area contributed by atoms with Crippen LogP contribution in [-0.4, -0.2) is 63.1 Å². The summed E-state index contributed by atoms with van der Waals surface area (Å²) in [6.45, 7) is 3.09. The zero-order valence-corrected chi connectivity index (χ0v) is 15.9. The molecule has 0 saturated heterocycles. The van der Waals surface area contributed by atoms with Crippen molar-refractivity contribution in [2.45, 2.75) is 25.7 Å². The fourth-order valence-corrected chi connectivity index (χ4v) is 2.17. The molecule has 0 unspecified atom stereocenters. The van der Waals surface area contributed by atoms with E-state index in [0.29, 0.717) is 32.1 Å². The summed E-state index contributed by atoms with van der Waals surface area (Å²) in [7, 11) is 0. The van der Waals surface area contributed by atoms with E-state index in [1.165, 1.54) is 0 Å². The molecule has 7 nitrogen and oxygen atoms in total. The van der Waals surface area contributed by atoms with Crippen LogP contribution in [0, 0.1) is 0 Å². The summed E-state index contributed by atoms with van der Waals surface area (Å²) in [4.78, 5) is 15.3. The maximum Gasteiger partial charge on any atom is 0.407 e. The third-order valence-electron chi connectivity index (χ3n) is 3.30. The number of hydrogen-bond donors (Lipinski definition) is 1. The molecule has 0 fully saturated rings. The number of carbonyl (C=O) groups excluding carboxylic acids is 1. The SMILES string of the molecule is O=C(NCCOCCOCCCCCCCl)OCCOc1ccncc1. The Labute approximate surface area is 160 Å². The van der Waals surface area contributed by atoms with Crippen molar-refractivity contribution in [1.29, 1.82) is 0 Å². The van der Waals surface area contributed by atoms with Gasteiger partial charge in [0.15, 0.2) is 0 Å². The van der Waals surface area contributed by atoms with Crippen molar-refractivity contribution in [3.63, 3.8) is 0 Å². The molecule has 0 aromatic carbocycles. The normalized spacial score (nSPS) is 10.5. The molecule has 26 heavy (non-hydrogen) atoms. The Balaban J connectivity index is 1.79. The fraction of sp³-hybridized carbons (Fsp3) is 0.667. The molecule has 8 heteroatoms. The molecule has 0 aliphatic carbocycles. The second-order valence-corrected chi connectivity index (χ2v) is 5.80. The number of carbonyl (C=O) groups is 1. The Morgan fingerprint density at radius 2 is 1.65 bits per heavy atom. The predicted molar refractivity (Wildman–Crippen MR) is 99.9 cm³/mol. The molecule has 0 aliphatic rings. The number of rotatable bonds is 16. The van der Waals surface area contributed by atoms with Crippen molar-refractivity contribution < 1.29 is 23.7 Å². The number of halogens is 1. The average molecular weight is 389 g/mol. The highest BCUT2D eigenvalue weighted by Crippen LogP contribution is 2.05. The zero-order valence-electron chi connectivity index (χ0n) is 15.2. The largest absolute Gasteiger partial charge is 0.490 e. The highest BCUT2D eigenvalue weighted by molar-refractivity contribution is 6.17. The van der Waals surface area contributed by atoms with Crippen molar-refractivity contribution in [3.8, 4) is 5.75 Å². The van der Waals surface area contributed by atoms with Crippen molar-refractivity contribution >= 4 is 17.7 Å². The van der Waals surface area contributed by atoms with Gasteiger partial charge in [-0.3, -0.25) is 4.98 Å². The Hall–Kier alpha value is -1.57. The van der Waals surface area contributed by atoms with Crippen molar-refractivity contribution in [2.75, 3.05) is 52.1 Å². The van der Waals surface area contributed by atoms with Crippen LogP contribution in [0.3, 0.4) is 0 Å². The molecule has 1 aromatic heterocycles. The quantitative estimate of drug-likeness (QED) is 0.346. The van der Waals surface area contributed by atoms with E-state index in [4.69, 9.17) is 30.5 Å².